The lowest BCUT2D eigenvalue weighted by molar-refractivity contribution is -0.140. The minimum Gasteiger partial charge on any atom is -0.490 e. The van der Waals surface area contributed by atoms with Gasteiger partial charge in [0.1, 0.15) is 171 Å². The Hall–Kier alpha value is -15.9. The summed E-state index contributed by atoms with van der Waals surface area (Å²) in [5.74, 6) is 1.33. The molecule has 0 heterocycles. The SMILES string of the molecule is C=C(C)C(=O)OCCOc1ccc(C(C)(c2ccc(OCCOC(=O)C(=C)C)cc2)c2ccc(OCCOC(=O)C(=C)C)cc2)cc1.C=CC(=O)OCCOc1ccc(C(C)(c2ccc(OCCOC(=O)C=C)cc2)c2ccc(OCCOC(=O)C=C)cc2)cc1.C=CC(=O)OCCOc1ccc(C(C)(c2ccc(OCCOC(=O)C=C)cc2)c2ccc(OCCOC(=O)C=C)cc2)cc1. The van der Waals surface area contributed by atoms with E-state index in [4.69, 9.17) is 85.3 Å². The van der Waals surface area contributed by atoms with Crippen molar-refractivity contribution in [2.45, 2.75) is 57.8 Å². The second kappa shape index (κ2) is 55.9. The van der Waals surface area contributed by atoms with Crippen molar-refractivity contribution in [2.24, 2.45) is 0 Å². The lowest BCUT2D eigenvalue weighted by atomic mass is 9.71. The average Bonchev–Trinajstić information content (AvgIpc) is 0.772. The molecule has 0 aliphatic rings. The summed E-state index contributed by atoms with van der Waals surface area (Å²) >= 11 is 0. The number of rotatable bonds is 54. The molecule has 9 aromatic carbocycles. The molecule has 0 radical (unpaired) electrons. The Balaban J connectivity index is 0.000000276. The smallest absolute Gasteiger partial charge is 0.333 e. The van der Waals surface area contributed by atoms with E-state index >= 15 is 0 Å². The van der Waals surface area contributed by atoms with Crippen LogP contribution in [0.25, 0.3) is 0 Å². The Morgan fingerprint density at radius 1 is 0.193 bits per heavy atom. The van der Waals surface area contributed by atoms with Crippen molar-refractivity contribution < 1.29 is 128 Å². The van der Waals surface area contributed by atoms with Crippen LogP contribution >= 0.6 is 0 Å². The average molecular weight is 1840 g/mol. The molecule has 135 heavy (non-hydrogen) atoms. The second-order valence-electron chi connectivity index (χ2n) is 29.7. The number of esters is 9. The molecule has 0 saturated carbocycles. The van der Waals surface area contributed by atoms with Gasteiger partial charge in [-0.15, -0.1) is 0 Å². The third kappa shape index (κ3) is 34.4. The van der Waals surface area contributed by atoms with E-state index in [1.54, 1.807) is 20.8 Å². The van der Waals surface area contributed by atoms with Gasteiger partial charge in [-0.05, 0) is 201 Å². The number of hydrogen-bond acceptors (Lipinski definition) is 27. The molecule has 0 unspecified atom stereocenters. The van der Waals surface area contributed by atoms with Crippen LogP contribution in [0.3, 0.4) is 0 Å². The molecule has 0 fully saturated rings. The Labute approximate surface area is 787 Å². The zero-order valence-electron chi connectivity index (χ0n) is 76.9. The van der Waals surface area contributed by atoms with Crippen LogP contribution in [0.2, 0.25) is 0 Å². The maximum atomic E-state index is 11.6. The van der Waals surface area contributed by atoms with E-state index in [0.29, 0.717) is 68.5 Å². The molecular formula is C108H114O27. The van der Waals surface area contributed by atoms with Gasteiger partial charge in [0.25, 0.3) is 0 Å². The summed E-state index contributed by atoms with van der Waals surface area (Å²) in [6.07, 6.45) is 6.64. The van der Waals surface area contributed by atoms with E-state index in [2.05, 4.69) is 80.0 Å². The molecule has 27 heteroatoms. The van der Waals surface area contributed by atoms with Crippen LogP contribution in [-0.2, 0) is 102 Å². The maximum absolute atomic E-state index is 11.6. The molecule has 27 nitrogen and oxygen atoms in total. The molecule has 9 rings (SSSR count). The molecule has 0 spiro atoms. The van der Waals surface area contributed by atoms with Gasteiger partial charge in [-0.25, -0.2) is 43.2 Å². The highest BCUT2D eigenvalue weighted by Gasteiger charge is 2.35. The molecule has 0 amide bonds. The Morgan fingerprint density at radius 3 is 0.393 bits per heavy atom. The van der Waals surface area contributed by atoms with Gasteiger partial charge in [-0.1, -0.05) is 168 Å². The zero-order valence-corrected chi connectivity index (χ0v) is 76.9. The highest BCUT2D eigenvalue weighted by atomic mass is 16.6. The number of hydrogen-bond donors (Lipinski definition) is 0. The van der Waals surface area contributed by atoms with Crippen molar-refractivity contribution >= 4 is 53.7 Å². The van der Waals surface area contributed by atoms with E-state index in [1.807, 2.05) is 218 Å². The standard InChI is InChI=1S/C38H42O9.2C35H36O9/c1-26(2)35(39)45-23-20-42-32-14-8-29(9-15-32)38(7,30-10-16-33(17-11-30)43-21-24-46-36(40)27(3)4)31-12-18-34(19-13-31)44-22-25-47-37(41)28(5)6;2*1-5-32(36)42-23-20-39-29-14-8-26(9-15-29)35(4,27-10-16-30(17-11-27)40-21-24-43-33(37)6-2)28-12-18-31(19-13-28)41-22-25-44-34(38)7-3/h8-19H,1,3,5,20-25H2,2,4,6-7H3;2*5-19H,1-3,20-25H2,4H3. The summed E-state index contributed by atoms with van der Waals surface area (Å²) in [5, 5.41) is 0. The molecule has 9 aromatic rings. The summed E-state index contributed by atoms with van der Waals surface area (Å²) < 4.78 is 96.8. The van der Waals surface area contributed by atoms with E-state index < -0.39 is 70.0 Å². The highest BCUT2D eigenvalue weighted by Crippen LogP contribution is 2.44. The highest BCUT2D eigenvalue weighted by molar-refractivity contribution is 5.88. The quantitative estimate of drug-likeness (QED) is 0.0112. The summed E-state index contributed by atoms with van der Waals surface area (Å²) in [6.45, 7) is 45.0. The van der Waals surface area contributed by atoms with Crippen molar-refractivity contribution in [1.82, 2.24) is 0 Å². The Morgan fingerprint density at radius 2 is 0.296 bits per heavy atom. The van der Waals surface area contributed by atoms with Gasteiger partial charge in [-0.2, -0.15) is 0 Å². The van der Waals surface area contributed by atoms with Crippen molar-refractivity contribution in [3.63, 3.8) is 0 Å². The number of benzene rings is 9. The van der Waals surface area contributed by atoms with Crippen LogP contribution < -0.4 is 42.6 Å². The van der Waals surface area contributed by atoms with Gasteiger partial charge in [0.05, 0.1) is 0 Å². The summed E-state index contributed by atoms with van der Waals surface area (Å²) in [7, 11) is 0. The maximum Gasteiger partial charge on any atom is 0.333 e. The van der Waals surface area contributed by atoms with Gasteiger partial charge in [-0.3, -0.25) is 0 Å². The van der Waals surface area contributed by atoms with Gasteiger partial charge in [0.2, 0.25) is 0 Å². The second-order valence-corrected chi connectivity index (χ2v) is 29.7. The third-order valence-electron chi connectivity index (χ3n) is 20.3. The first-order chi connectivity index (χ1) is 65.0. The first-order valence-corrected chi connectivity index (χ1v) is 42.8. The Kier molecular flexibility index (Phi) is 44.0. The molecular weight excluding hydrogens is 1730 g/mol. The molecule has 0 bridgehead atoms. The molecule has 0 atom stereocenters. The molecule has 0 aliphatic heterocycles. The number of carbonyl (C=O) groups excluding carboxylic acids is 9. The molecule has 0 aliphatic carbocycles. The van der Waals surface area contributed by atoms with Crippen LogP contribution in [0.5, 0.6) is 51.7 Å². The summed E-state index contributed by atoms with van der Waals surface area (Å²) in [5.41, 5.74) is 8.21. The van der Waals surface area contributed by atoms with Gasteiger partial charge < -0.3 is 85.3 Å². The lowest BCUT2D eigenvalue weighted by Crippen LogP contribution is -2.25. The first-order valence-electron chi connectivity index (χ1n) is 42.8. The predicted molar refractivity (Wildman–Crippen MR) is 508 cm³/mol. The lowest BCUT2D eigenvalue weighted by Gasteiger charge is -2.32. The van der Waals surface area contributed by atoms with Crippen molar-refractivity contribution in [3.05, 3.63) is 381 Å². The fraction of sp³-hybridized carbons (Fsp3) is 0.250. The topological polar surface area (TPSA) is 320 Å². The third-order valence-corrected chi connectivity index (χ3v) is 20.3. The van der Waals surface area contributed by atoms with E-state index in [0.717, 1.165) is 86.5 Å². The molecule has 0 N–H and O–H groups in total. The Bertz CT molecular complexity index is 4690. The summed E-state index contributed by atoms with van der Waals surface area (Å²) in [4.78, 5) is 102. The van der Waals surface area contributed by atoms with Crippen molar-refractivity contribution in [3.8, 4) is 51.7 Å². The monoisotopic (exact) mass is 1840 g/mol. The van der Waals surface area contributed by atoms with Crippen LogP contribution in [0.4, 0.5) is 0 Å². The predicted octanol–water partition coefficient (Wildman–Crippen LogP) is 17.3. The minimum absolute atomic E-state index is 0.112. The molecule has 0 saturated heterocycles. The van der Waals surface area contributed by atoms with E-state index in [9.17, 15) is 43.2 Å². The number of carbonyl (C=O) groups is 9. The van der Waals surface area contributed by atoms with E-state index in [1.165, 1.54) is 0 Å². The van der Waals surface area contributed by atoms with Crippen LogP contribution in [0.1, 0.15) is 91.6 Å². The molecule has 0 aromatic heterocycles. The number of ether oxygens (including phenoxy) is 18. The van der Waals surface area contributed by atoms with Gasteiger partial charge in [0, 0.05) is 69.4 Å². The molecule has 708 valence electrons. The fourth-order valence-electron chi connectivity index (χ4n) is 12.9. The van der Waals surface area contributed by atoms with E-state index in [-0.39, 0.29) is 119 Å². The largest absolute Gasteiger partial charge is 0.490 e. The summed E-state index contributed by atoms with van der Waals surface area (Å²) in [6, 6.07) is 69.5. The minimum atomic E-state index is -0.597. The van der Waals surface area contributed by atoms with Crippen molar-refractivity contribution in [1.29, 1.82) is 0 Å². The van der Waals surface area contributed by atoms with Crippen LogP contribution in [0, 0.1) is 0 Å². The van der Waals surface area contributed by atoms with Crippen LogP contribution in [-0.4, -0.2) is 173 Å². The van der Waals surface area contributed by atoms with Gasteiger partial charge >= 0.3 is 53.7 Å². The fourth-order valence-corrected chi connectivity index (χ4v) is 12.9. The normalized spacial score (nSPS) is 10.6. The van der Waals surface area contributed by atoms with Crippen molar-refractivity contribution in [2.75, 3.05) is 119 Å². The zero-order chi connectivity index (χ0) is 98.0. The van der Waals surface area contributed by atoms with Crippen LogP contribution in [0.15, 0.2) is 331 Å². The first kappa shape index (κ1) is 106. The van der Waals surface area contributed by atoms with Gasteiger partial charge in [0.15, 0.2) is 0 Å².